The van der Waals surface area contributed by atoms with E-state index in [1.165, 1.54) is 31.2 Å². The number of hydrogen-bond acceptors (Lipinski definition) is 3. The van der Waals surface area contributed by atoms with Crippen LogP contribution in [0.15, 0.2) is 41.5 Å². The molecule has 118 valence electrons. The van der Waals surface area contributed by atoms with E-state index in [0.29, 0.717) is 16.6 Å². The normalized spacial score (nSPS) is 20.8. The molecule has 1 heterocycles. The second kappa shape index (κ2) is 7.35. The van der Waals surface area contributed by atoms with Gasteiger partial charge in [-0.3, -0.25) is 4.98 Å². The summed E-state index contributed by atoms with van der Waals surface area (Å²) in [5.74, 6) is 1.57. The number of aliphatic imine (C=N–C) groups is 1. The average molecular weight is 343 g/mol. The van der Waals surface area contributed by atoms with Gasteiger partial charge in [-0.1, -0.05) is 55.6 Å². The molecule has 1 fully saturated rings. The molecule has 0 bridgehead atoms. The van der Waals surface area contributed by atoms with Gasteiger partial charge in [0.15, 0.2) is 0 Å². The first kappa shape index (κ1) is 16.3. The molecule has 4 heteroatoms. The maximum atomic E-state index is 6.32. The van der Waals surface area contributed by atoms with Gasteiger partial charge in [0, 0.05) is 5.56 Å². The van der Waals surface area contributed by atoms with E-state index in [9.17, 15) is 0 Å². The van der Waals surface area contributed by atoms with Crippen LogP contribution in [-0.2, 0) is 0 Å². The molecular formula is C19H19ClN2S. The number of hydrogen-bond donors (Lipinski definition) is 0. The molecule has 0 saturated heterocycles. The molecule has 0 atom stereocenters. The lowest BCUT2D eigenvalue weighted by Crippen LogP contribution is -2.10. The first-order valence-electron chi connectivity index (χ1n) is 8.01. The summed E-state index contributed by atoms with van der Waals surface area (Å²) in [4.78, 5) is 8.31. The lowest BCUT2D eigenvalue weighted by Gasteiger charge is -2.26. The maximum Gasteiger partial charge on any atom is 0.0937 e. The average Bonchev–Trinajstić information content (AvgIpc) is 2.56. The lowest BCUT2D eigenvalue weighted by molar-refractivity contribution is 0.348. The van der Waals surface area contributed by atoms with E-state index >= 15 is 0 Å². The zero-order valence-electron chi connectivity index (χ0n) is 13.1. The molecule has 1 aromatic carbocycles. The van der Waals surface area contributed by atoms with Crippen LogP contribution in [0.3, 0.4) is 0 Å². The highest BCUT2D eigenvalue weighted by molar-refractivity contribution is 7.78. The first-order chi connectivity index (χ1) is 11.2. The fourth-order valence-corrected chi connectivity index (χ4v) is 3.64. The van der Waals surface area contributed by atoms with Crippen molar-refractivity contribution in [3.63, 3.8) is 0 Å². The number of nitrogens with zero attached hydrogens (tertiary/aromatic N) is 2. The van der Waals surface area contributed by atoms with Gasteiger partial charge in [0.25, 0.3) is 0 Å². The number of benzene rings is 1. The van der Waals surface area contributed by atoms with Crippen molar-refractivity contribution in [1.29, 1.82) is 0 Å². The second-order valence-corrected chi connectivity index (χ2v) is 6.90. The molecule has 1 saturated carbocycles. The van der Waals surface area contributed by atoms with Crippen molar-refractivity contribution in [3.8, 4) is 11.3 Å². The van der Waals surface area contributed by atoms with Gasteiger partial charge in [-0.15, -0.1) is 0 Å². The van der Waals surface area contributed by atoms with Crippen LogP contribution in [0.2, 0.25) is 5.02 Å². The van der Waals surface area contributed by atoms with E-state index in [2.05, 4.69) is 58.5 Å². The molecule has 1 aliphatic rings. The third-order valence-electron chi connectivity index (χ3n) is 4.67. The number of thiocarbonyl (C=S) groups is 1. The quantitative estimate of drug-likeness (QED) is 0.474. The Balaban J connectivity index is 1.81. The molecule has 0 radical (unpaired) electrons. The Morgan fingerprint density at radius 2 is 1.87 bits per heavy atom. The number of rotatable bonds is 3. The minimum Gasteiger partial charge on any atom is -0.252 e. The number of isothiocyanates is 1. The fourth-order valence-electron chi connectivity index (χ4n) is 3.26. The molecule has 2 nitrogen and oxygen atoms in total. The van der Waals surface area contributed by atoms with Crippen molar-refractivity contribution in [3.05, 3.63) is 47.1 Å². The molecule has 0 aliphatic heterocycles. The van der Waals surface area contributed by atoms with Crippen LogP contribution < -0.4 is 0 Å². The van der Waals surface area contributed by atoms with Gasteiger partial charge in [0.2, 0.25) is 0 Å². The fraction of sp³-hybridized carbons (Fsp3) is 0.368. The van der Waals surface area contributed by atoms with Crippen molar-refractivity contribution in [1.82, 2.24) is 4.98 Å². The zero-order valence-corrected chi connectivity index (χ0v) is 14.7. The third kappa shape index (κ3) is 3.87. The summed E-state index contributed by atoms with van der Waals surface area (Å²) in [5, 5.41) is 2.91. The second-order valence-electron chi connectivity index (χ2n) is 6.31. The van der Waals surface area contributed by atoms with Gasteiger partial charge in [0.05, 0.1) is 27.8 Å². The van der Waals surface area contributed by atoms with Gasteiger partial charge in [-0.2, -0.15) is 4.99 Å². The molecule has 1 aromatic heterocycles. The molecule has 2 aromatic rings. The SMILES string of the molecule is CC1CCC(c2ccc(-c3ncc(N=C=S)cc3Cl)cc2)CC1. The summed E-state index contributed by atoms with van der Waals surface area (Å²) in [6.45, 7) is 2.35. The van der Waals surface area contributed by atoms with Gasteiger partial charge >= 0.3 is 0 Å². The van der Waals surface area contributed by atoms with Crippen LogP contribution in [0.4, 0.5) is 5.69 Å². The summed E-state index contributed by atoms with van der Waals surface area (Å²) in [6, 6.07) is 10.4. The Labute approximate surface area is 147 Å². The highest BCUT2D eigenvalue weighted by Crippen LogP contribution is 2.36. The number of aromatic nitrogens is 1. The monoisotopic (exact) mass is 342 g/mol. The summed E-state index contributed by atoms with van der Waals surface area (Å²) in [5.41, 5.74) is 3.86. The Bertz CT molecular complexity index is 728. The summed E-state index contributed by atoms with van der Waals surface area (Å²) in [7, 11) is 0. The first-order valence-corrected chi connectivity index (χ1v) is 8.79. The minimum absolute atomic E-state index is 0.579. The van der Waals surface area contributed by atoms with Crippen molar-refractivity contribution < 1.29 is 0 Å². The predicted octanol–water partition coefficient (Wildman–Crippen LogP) is 6.43. The van der Waals surface area contributed by atoms with Gasteiger partial charge < -0.3 is 0 Å². The van der Waals surface area contributed by atoms with Crippen molar-refractivity contribution in [2.45, 2.75) is 38.5 Å². The molecular weight excluding hydrogens is 324 g/mol. The third-order valence-corrected chi connectivity index (χ3v) is 5.05. The molecule has 23 heavy (non-hydrogen) atoms. The summed E-state index contributed by atoms with van der Waals surface area (Å²) < 4.78 is 0. The van der Waals surface area contributed by atoms with Gasteiger partial charge in [0.1, 0.15) is 0 Å². The summed E-state index contributed by atoms with van der Waals surface area (Å²) >= 11 is 10.9. The summed E-state index contributed by atoms with van der Waals surface area (Å²) in [6.07, 6.45) is 6.92. The minimum atomic E-state index is 0.579. The Morgan fingerprint density at radius 1 is 1.17 bits per heavy atom. The predicted molar refractivity (Wildman–Crippen MR) is 99.7 cm³/mol. The highest BCUT2D eigenvalue weighted by Gasteiger charge is 2.19. The molecule has 0 spiro atoms. The highest BCUT2D eigenvalue weighted by atomic mass is 35.5. The Morgan fingerprint density at radius 3 is 2.48 bits per heavy atom. The van der Waals surface area contributed by atoms with Crippen LogP contribution in [-0.4, -0.2) is 10.1 Å². The van der Waals surface area contributed by atoms with E-state index in [1.807, 2.05) is 0 Å². The zero-order chi connectivity index (χ0) is 16.2. The smallest absolute Gasteiger partial charge is 0.0937 e. The van der Waals surface area contributed by atoms with E-state index in [4.69, 9.17) is 11.6 Å². The van der Waals surface area contributed by atoms with Crippen LogP contribution >= 0.6 is 23.8 Å². The van der Waals surface area contributed by atoms with Crippen LogP contribution in [0.25, 0.3) is 11.3 Å². The molecule has 0 amide bonds. The van der Waals surface area contributed by atoms with Gasteiger partial charge in [-0.25, -0.2) is 0 Å². The van der Waals surface area contributed by atoms with Crippen LogP contribution in [0.1, 0.15) is 44.1 Å². The van der Waals surface area contributed by atoms with E-state index < -0.39 is 0 Å². The van der Waals surface area contributed by atoms with Crippen LogP contribution in [0, 0.1) is 5.92 Å². The molecule has 1 aliphatic carbocycles. The largest absolute Gasteiger partial charge is 0.252 e. The lowest BCUT2D eigenvalue weighted by atomic mass is 9.79. The standard InChI is InChI=1S/C19H19ClN2S/c1-13-2-4-14(5-3-13)15-6-8-16(9-7-15)19-18(20)10-17(11-21-19)22-12-23/h6-11,13-14H,2-5H2,1H3. The van der Waals surface area contributed by atoms with E-state index in [-0.39, 0.29) is 0 Å². The van der Waals surface area contributed by atoms with Crippen molar-refractivity contribution >= 4 is 34.7 Å². The number of pyridine rings is 1. The topological polar surface area (TPSA) is 25.2 Å². The van der Waals surface area contributed by atoms with Crippen molar-refractivity contribution in [2.75, 3.05) is 0 Å². The number of halogens is 1. The van der Waals surface area contributed by atoms with Gasteiger partial charge in [-0.05, 0) is 48.5 Å². The van der Waals surface area contributed by atoms with Crippen LogP contribution in [0.5, 0.6) is 0 Å². The molecule has 0 N–H and O–H groups in total. The molecule has 3 rings (SSSR count). The van der Waals surface area contributed by atoms with Crippen molar-refractivity contribution in [2.24, 2.45) is 10.9 Å². The Hall–Kier alpha value is -1.54. The maximum absolute atomic E-state index is 6.32. The molecule has 0 unspecified atom stereocenters. The Kier molecular flexibility index (Phi) is 5.22. The van der Waals surface area contributed by atoms with E-state index in [1.54, 1.807) is 12.3 Å². The van der Waals surface area contributed by atoms with E-state index in [0.717, 1.165) is 17.2 Å².